The molecule has 2 heterocycles. The first-order valence-corrected chi connectivity index (χ1v) is 7.63. The summed E-state index contributed by atoms with van der Waals surface area (Å²) in [5.41, 5.74) is 1.86. The van der Waals surface area contributed by atoms with E-state index in [1.54, 1.807) is 0 Å². The van der Waals surface area contributed by atoms with E-state index in [4.69, 9.17) is 0 Å². The molecule has 2 aliphatic heterocycles. The highest BCUT2D eigenvalue weighted by Crippen LogP contribution is 2.33. The van der Waals surface area contributed by atoms with Gasteiger partial charge in [0.1, 0.15) is 5.54 Å². The van der Waals surface area contributed by atoms with Crippen LogP contribution in [0.2, 0.25) is 0 Å². The number of carbonyl (C=O) groups is 2. The highest BCUT2D eigenvalue weighted by Gasteiger charge is 2.53. The fraction of sp³-hybridized carbons (Fsp3) is 0.500. The van der Waals surface area contributed by atoms with Gasteiger partial charge in [0.25, 0.3) is 5.91 Å². The number of rotatable bonds is 1. The van der Waals surface area contributed by atoms with Crippen LogP contribution in [0.5, 0.6) is 0 Å². The average Bonchev–Trinajstić information content (AvgIpc) is 3.00. The summed E-state index contributed by atoms with van der Waals surface area (Å²) < 4.78 is 0. The third-order valence-electron chi connectivity index (χ3n) is 5.04. The molecule has 2 fully saturated rings. The smallest absolute Gasteiger partial charge is 0.323 e. The summed E-state index contributed by atoms with van der Waals surface area (Å²) in [5, 5.41) is 6.22. The maximum atomic E-state index is 12.8. The van der Waals surface area contributed by atoms with Crippen molar-refractivity contribution in [2.24, 2.45) is 0 Å². The number of imide groups is 1. The van der Waals surface area contributed by atoms with Gasteiger partial charge in [-0.2, -0.15) is 0 Å². The van der Waals surface area contributed by atoms with Gasteiger partial charge in [0, 0.05) is 6.04 Å². The molecule has 5 heteroatoms. The van der Waals surface area contributed by atoms with E-state index in [0.29, 0.717) is 12.8 Å². The van der Waals surface area contributed by atoms with Crippen LogP contribution in [0.1, 0.15) is 24.0 Å². The van der Waals surface area contributed by atoms with Gasteiger partial charge in [-0.3, -0.25) is 9.69 Å². The Morgan fingerprint density at radius 1 is 1.05 bits per heavy atom. The molecule has 1 aromatic rings. The van der Waals surface area contributed by atoms with Gasteiger partial charge in [0.05, 0.1) is 0 Å². The first-order chi connectivity index (χ1) is 10.2. The molecule has 0 saturated carbocycles. The van der Waals surface area contributed by atoms with E-state index >= 15 is 0 Å². The SMILES string of the molecule is O=C1NC2(CCNCC2)C(=O)N1C1Cc2ccccc2C1. The van der Waals surface area contributed by atoms with Gasteiger partial charge in [-0.15, -0.1) is 0 Å². The summed E-state index contributed by atoms with van der Waals surface area (Å²) in [6.07, 6.45) is 2.94. The Morgan fingerprint density at radius 2 is 1.67 bits per heavy atom. The maximum absolute atomic E-state index is 12.8. The molecule has 1 spiro atoms. The van der Waals surface area contributed by atoms with Crippen molar-refractivity contribution < 1.29 is 9.59 Å². The van der Waals surface area contributed by atoms with E-state index in [2.05, 4.69) is 22.8 Å². The summed E-state index contributed by atoms with van der Waals surface area (Å²) in [6.45, 7) is 1.56. The second kappa shape index (κ2) is 4.56. The van der Waals surface area contributed by atoms with Crippen molar-refractivity contribution in [1.82, 2.24) is 15.5 Å². The van der Waals surface area contributed by atoms with Crippen LogP contribution in [0.25, 0.3) is 0 Å². The highest BCUT2D eigenvalue weighted by molar-refractivity contribution is 6.07. The summed E-state index contributed by atoms with van der Waals surface area (Å²) >= 11 is 0. The average molecular weight is 285 g/mol. The Bertz CT molecular complexity index is 582. The van der Waals surface area contributed by atoms with Gasteiger partial charge in [-0.25, -0.2) is 4.79 Å². The number of nitrogens with zero attached hydrogens (tertiary/aromatic N) is 1. The summed E-state index contributed by atoms with van der Waals surface area (Å²) in [4.78, 5) is 26.7. The number of urea groups is 1. The number of piperidine rings is 1. The van der Waals surface area contributed by atoms with E-state index < -0.39 is 5.54 Å². The van der Waals surface area contributed by atoms with Gasteiger partial charge >= 0.3 is 6.03 Å². The summed E-state index contributed by atoms with van der Waals surface area (Å²) in [7, 11) is 0. The zero-order valence-corrected chi connectivity index (χ0v) is 11.9. The van der Waals surface area contributed by atoms with Crippen LogP contribution in [0, 0.1) is 0 Å². The van der Waals surface area contributed by atoms with E-state index in [0.717, 1.165) is 25.9 Å². The minimum absolute atomic E-state index is 0.0215. The summed E-state index contributed by atoms with van der Waals surface area (Å²) in [5.74, 6) is -0.0215. The van der Waals surface area contributed by atoms with Crippen molar-refractivity contribution in [3.05, 3.63) is 35.4 Å². The topological polar surface area (TPSA) is 61.4 Å². The Morgan fingerprint density at radius 3 is 2.29 bits per heavy atom. The molecule has 5 nitrogen and oxygen atoms in total. The van der Waals surface area contributed by atoms with Crippen molar-refractivity contribution in [2.45, 2.75) is 37.3 Å². The fourth-order valence-electron chi connectivity index (χ4n) is 3.88. The van der Waals surface area contributed by atoms with Crippen molar-refractivity contribution in [2.75, 3.05) is 13.1 Å². The van der Waals surface area contributed by atoms with Gasteiger partial charge in [0.15, 0.2) is 0 Å². The number of benzene rings is 1. The Kier molecular flexibility index (Phi) is 2.79. The molecule has 1 aliphatic carbocycles. The molecule has 0 aromatic heterocycles. The van der Waals surface area contributed by atoms with Crippen molar-refractivity contribution >= 4 is 11.9 Å². The summed E-state index contributed by atoms with van der Waals surface area (Å²) in [6, 6.07) is 7.98. The number of carbonyl (C=O) groups excluding carboxylic acids is 2. The molecule has 2 saturated heterocycles. The number of fused-ring (bicyclic) bond motifs is 1. The minimum atomic E-state index is -0.656. The predicted octanol–water partition coefficient (Wildman–Crippen LogP) is 0.828. The zero-order chi connectivity index (χ0) is 14.4. The first kappa shape index (κ1) is 12.8. The Hall–Kier alpha value is -1.88. The van der Waals surface area contributed by atoms with Crippen molar-refractivity contribution in [3.8, 4) is 0 Å². The van der Waals surface area contributed by atoms with Gasteiger partial charge in [0.2, 0.25) is 0 Å². The lowest BCUT2D eigenvalue weighted by atomic mass is 9.88. The van der Waals surface area contributed by atoms with E-state index in [-0.39, 0.29) is 18.0 Å². The van der Waals surface area contributed by atoms with Crippen LogP contribution in [0.15, 0.2) is 24.3 Å². The number of hydrogen-bond acceptors (Lipinski definition) is 3. The lowest BCUT2D eigenvalue weighted by Crippen LogP contribution is -2.54. The van der Waals surface area contributed by atoms with Crippen molar-refractivity contribution in [1.29, 1.82) is 0 Å². The molecular weight excluding hydrogens is 266 g/mol. The van der Waals surface area contributed by atoms with E-state index in [1.807, 2.05) is 12.1 Å². The molecule has 0 unspecified atom stereocenters. The van der Waals surface area contributed by atoms with E-state index in [9.17, 15) is 9.59 Å². The van der Waals surface area contributed by atoms with Gasteiger partial charge in [-0.05, 0) is 49.9 Å². The van der Waals surface area contributed by atoms with Crippen LogP contribution in [0.4, 0.5) is 4.79 Å². The fourth-order valence-corrected chi connectivity index (χ4v) is 3.88. The first-order valence-electron chi connectivity index (χ1n) is 7.63. The number of amides is 3. The minimum Gasteiger partial charge on any atom is -0.323 e. The number of nitrogens with one attached hydrogen (secondary N) is 2. The van der Waals surface area contributed by atoms with Crippen molar-refractivity contribution in [3.63, 3.8) is 0 Å². The lowest BCUT2D eigenvalue weighted by Gasteiger charge is -2.31. The zero-order valence-electron chi connectivity index (χ0n) is 11.9. The van der Waals surface area contributed by atoms with Crippen LogP contribution in [-0.2, 0) is 17.6 Å². The number of hydrogen-bond donors (Lipinski definition) is 2. The molecule has 21 heavy (non-hydrogen) atoms. The standard InChI is InChI=1S/C16H19N3O2/c20-14-16(5-7-17-8-6-16)18-15(21)19(14)13-9-11-3-1-2-4-12(11)10-13/h1-4,13,17H,5-10H2,(H,18,21). The molecule has 1 aromatic carbocycles. The van der Waals surface area contributed by atoms with Crippen LogP contribution < -0.4 is 10.6 Å². The largest absolute Gasteiger partial charge is 0.325 e. The lowest BCUT2D eigenvalue weighted by molar-refractivity contribution is -0.133. The third kappa shape index (κ3) is 1.87. The Balaban J connectivity index is 1.59. The molecule has 2 N–H and O–H groups in total. The van der Waals surface area contributed by atoms with Gasteiger partial charge < -0.3 is 10.6 Å². The predicted molar refractivity (Wildman–Crippen MR) is 77.9 cm³/mol. The van der Waals surface area contributed by atoms with Gasteiger partial charge in [-0.1, -0.05) is 24.3 Å². The third-order valence-corrected chi connectivity index (χ3v) is 5.04. The second-order valence-corrected chi connectivity index (χ2v) is 6.27. The molecular formula is C16H19N3O2. The molecule has 3 aliphatic rings. The maximum Gasteiger partial charge on any atom is 0.325 e. The molecule has 0 radical (unpaired) electrons. The van der Waals surface area contributed by atoms with Crippen LogP contribution in [-0.4, -0.2) is 41.5 Å². The molecule has 3 amide bonds. The second-order valence-electron chi connectivity index (χ2n) is 6.27. The molecule has 4 rings (SSSR count). The monoisotopic (exact) mass is 285 g/mol. The molecule has 0 atom stereocenters. The molecule has 0 bridgehead atoms. The van der Waals surface area contributed by atoms with Crippen LogP contribution in [0.3, 0.4) is 0 Å². The highest BCUT2D eigenvalue weighted by atomic mass is 16.2. The Labute approximate surface area is 123 Å². The van der Waals surface area contributed by atoms with E-state index in [1.165, 1.54) is 16.0 Å². The normalized spacial score (nSPS) is 24.5. The molecule has 110 valence electrons. The quantitative estimate of drug-likeness (QED) is 0.751. The van der Waals surface area contributed by atoms with Crippen LogP contribution >= 0.6 is 0 Å².